The van der Waals surface area contributed by atoms with Crippen molar-refractivity contribution in [2.45, 2.75) is 0 Å². The molecule has 1 aromatic rings. The van der Waals surface area contributed by atoms with Crippen molar-refractivity contribution in [3.8, 4) is 5.75 Å². The van der Waals surface area contributed by atoms with E-state index in [0.717, 1.165) is 0 Å². The van der Waals surface area contributed by atoms with Crippen molar-refractivity contribution >= 4 is 29.7 Å². The van der Waals surface area contributed by atoms with Crippen molar-refractivity contribution in [2.75, 3.05) is 12.8 Å². The molecule has 0 aliphatic carbocycles. The summed E-state index contributed by atoms with van der Waals surface area (Å²) in [6, 6.07) is 5.11. The highest BCUT2D eigenvalue weighted by molar-refractivity contribution is 6.32. The molecule has 1 rings (SSSR count). The Morgan fingerprint density at radius 1 is 1.42 bits per heavy atom. The fourth-order valence-electron chi connectivity index (χ4n) is 0.676. The summed E-state index contributed by atoms with van der Waals surface area (Å²) >= 11 is 5.72. The summed E-state index contributed by atoms with van der Waals surface area (Å²) in [7, 11) is 1.56. The molecule has 5 heteroatoms. The highest BCUT2D eigenvalue weighted by atomic mass is 35.5. The van der Waals surface area contributed by atoms with Gasteiger partial charge in [0.1, 0.15) is 5.75 Å². The maximum Gasteiger partial charge on any atom is 0.139 e. The largest absolute Gasteiger partial charge is 0.495 e. The highest BCUT2D eigenvalue weighted by Crippen LogP contribution is 2.25. The molecule has 5 N–H and O–H groups in total. The number of nitrogen functional groups attached to an aromatic ring is 1. The van der Waals surface area contributed by atoms with E-state index in [4.69, 9.17) is 22.1 Å². The summed E-state index contributed by atoms with van der Waals surface area (Å²) in [6.45, 7) is 0. The summed E-state index contributed by atoms with van der Waals surface area (Å²) in [6.07, 6.45) is 0. The Bertz CT molecular complexity index is 243. The van der Waals surface area contributed by atoms with Crippen molar-refractivity contribution in [2.24, 2.45) is 0 Å². The van der Waals surface area contributed by atoms with Crippen molar-refractivity contribution in [1.82, 2.24) is 6.15 Å². The molecule has 0 heterocycles. The normalized spacial score (nSPS) is 7.83. The predicted molar refractivity (Wildman–Crippen MR) is 54.7 cm³/mol. The number of hydrogen-bond donors (Lipinski definition) is 2. The third kappa shape index (κ3) is 3.17. The molecule has 0 saturated heterocycles. The molecule has 0 aliphatic rings. The van der Waals surface area contributed by atoms with Crippen molar-refractivity contribution in [3.63, 3.8) is 0 Å². The van der Waals surface area contributed by atoms with Gasteiger partial charge in [-0.3, -0.25) is 0 Å². The lowest BCUT2D eigenvalue weighted by Crippen LogP contribution is -1.87. The van der Waals surface area contributed by atoms with E-state index in [9.17, 15) is 0 Å². The molecule has 70 valence electrons. The zero-order chi connectivity index (χ0) is 7.56. The van der Waals surface area contributed by atoms with Gasteiger partial charge in [0, 0.05) is 11.8 Å². The van der Waals surface area contributed by atoms with Crippen LogP contribution in [0.1, 0.15) is 0 Å². The molecule has 1 aromatic carbocycles. The molecule has 0 unspecified atom stereocenters. The van der Waals surface area contributed by atoms with Gasteiger partial charge < -0.3 is 16.6 Å². The number of anilines is 1. The van der Waals surface area contributed by atoms with Crippen LogP contribution in [0.2, 0.25) is 5.02 Å². The van der Waals surface area contributed by atoms with Gasteiger partial charge in [-0.15, -0.1) is 12.4 Å². The number of nitrogens with two attached hydrogens (primary N) is 1. The monoisotopic (exact) mass is 210 g/mol. The van der Waals surface area contributed by atoms with E-state index in [-0.39, 0.29) is 18.6 Å². The van der Waals surface area contributed by atoms with Crippen LogP contribution in [0, 0.1) is 0 Å². The van der Waals surface area contributed by atoms with Crippen molar-refractivity contribution in [3.05, 3.63) is 23.2 Å². The Balaban J connectivity index is 0. The molecular formula is C7H12Cl2N2O. The first-order chi connectivity index (χ1) is 4.74. The van der Waals surface area contributed by atoms with Crippen LogP contribution in [0.5, 0.6) is 5.75 Å². The SMILES string of the molecule is COc1cc(N)ccc1Cl.Cl.N. The van der Waals surface area contributed by atoms with Crippen LogP contribution in [-0.4, -0.2) is 7.11 Å². The zero-order valence-electron chi connectivity index (χ0n) is 6.71. The van der Waals surface area contributed by atoms with Gasteiger partial charge in [0.05, 0.1) is 12.1 Å². The van der Waals surface area contributed by atoms with Gasteiger partial charge >= 0.3 is 0 Å². The number of ether oxygens (including phenoxy) is 1. The van der Waals surface area contributed by atoms with Crippen LogP contribution in [-0.2, 0) is 0 Å². The maximum absolute atomic E-state index is 5.72. The number of hydrogen-bond acceptors (Lipinski definition) is 3. The van der Waals surface area contributed by atoms with E-state index in [0.29, 0.717) is 16.5 Å². The Morgan fingerprint density at radius 2 is 2.00 bits per heavy atom. The van der Waals surface area contributed by atoms with Gasteiger partial charge in [-0.05, 0) is 12.1 Å². The van der Waals surface area contributed by atoms with E-state index in [2.05, 4.69) is 0 Å². The number of halogens is 2. The first kappa shape index (κ1) is 13.9. The van der Waals surface area contributed by atoms with Crippen molar-refractivity contribution < 1.29 is 4.74 Å². The molecular weight excluding hydrogens is 199 g/mol. The molecule has 0 spiro atoms. The van der Waals surface area contributed by atoms with Gasteiger partial charge in [-0.2, -0.15) is 0 Å². The second-order valence-corrected chi connectivity index (χ2v) is 2.30. The quantitative estimate of drug-likeness (QED) is 0.701. The summed E-state index contributed by atoms with van der Waals surface area (Å²) in [5.41, 5.74) is 6.12. The summed E-state index contributed by atoms with van der Waals surface area (Å²) in [4.78, 5) is 0. The molecule has 0 amide bonds. The lowest BCUT2D eigenvalue weighted by Gasteiger charge is -2.01. The highest BCUT2D eigenvalue weighted by Gasteiger charge is 1.97. The second-order valence-electron chi connectivity index (χ2n) is 1.89. The summed E-state index contributed by atoms with van der Waals surface area (Å²) < 4.78 is 4.91. The van der Waals surface area contributed by atoms with Crippen LogP contribution >= 0.6 is 24.0 Å². The molecule has 0 aliphatic heterocycles. The lowest BCUT2D eigenvalue weighted by atomic mass is 10.3. The summed E-state index contributed by atoms with van der Waals surface area (Å²) in [5.74, 6) is 0.613. The van der Waals surface area contributed by atoms with Crippen LogP contribution in [0.15, 0.2) is 18.2 Å². The standard InChI is InChI=1S/C7H8ClNO.ClH.H3N/c1-10-7-4-5(9)2-3-6(7)8;;/h2-4H,9H2,1H3;1H;1H3. The first-order valence-electron chi connectivity index (χ1n) is 2.83. The Kier molecular flexibility index (Phi) is 6.89. The van der Waals surface area contributed by atoms with E-state index >= 15 is 0 Å². The Hall–Kier alpha value is -0.640. The van der Waals surface area contributed by atoms with Gasteiger partial charge in [0.15, 0.2) is 0 Å². The lowest BCUT2D eigenvalue weighted by molar-refractivity contribution is 0.415. The first-order valence-corrected chi connectivity index (χ1v) is 3.21. The molecule has 0 aromatic heterocycles. The van der Waals surface area contributed by atoms with Crippen molar-refractivity contribution in [1.29, 1.82) is 0 Å². The van der Waals surface area contributed by atoms with E-state index in [1.54, 1.807) is 25.3 Å². The van der Waals surface area contributed by atoms with Crippen LogP contribution < -0.4 is 16.6 Å². The zero-order valence-corrected chi connectivity index (χ0v) is 8.28. The summed E-state index contributed by atoms with van der Waals surface area (Å²) in [5, 5.41) is 0.580. The van der Waals surface area contributed by atoms with Gasteiger partial charge in [0.25, 0.3) is 0 Å². The minimum absolute atomic E-state index is 0. The Labute approximate surface area is 82.8 Å². The molecule has 0 fully saturated rings. The molecule has 0 radical (unpaired) electrons. The molecule has 0 atom stereocenters. The third-order valence-electron chi connectivity index (χ3n) is 1.18. The van der Waals surface area contributed by atoms with Crippen LogP contribution in [0.25, 0.3) is 0 Å². The average molecular weight is 211 g/mol. The molecule has 12 heavy (non-hydrogen) atoms. The topological polar surface area (TPSA) is 70.2 Å². The van der Waals surface area contributed by atoms with E-state index in [1.807, 2.05) is 0 Å². The smallest absolute Gasteiger partial charge is 0.139 e. The van der Waals surface area contributed by atoms with Gasteiger partial charge in [-0.25, -0.2) is 0 Å². The maximum atomic E-state index is 5.72. The second kappa shape index (κ2) is 5.94. The fraction of sp³-hybridized carbons (Fsp3) is 0.143. The minimum Gasteiger partial charge on any atom is -0.495 e. The third-order valence-corrected chi connectivity index (χ3v) is 1.49. The van der Waals surface area contributed by atoms with E-state index < -0.39 is 0 Å². The van der Waals surface area contributed by atoms with Crippen LogP contribution in [0.4, 0.5) is 5.69 Å². The van der Waals surface area contributed by atoms with E-state index in [1.165, 1.54) is 0 Å². The molecule has 0 saturated carbocycles. The molecule has 3 nitrogen and oxygen atoms in total. The van der Waals surface area contributed by atoms with Gasteiger partial charge in [-0.1, -0.05) is 11.6 Å². The fourth-order valence-corrected chi connectivity index (χ4v) is 0.871. The predicted octanol–water partition coefficient (Wildman–Crippen LogP) is 2.51. The Morgan fingerprint density at radius 3 is 2.42 bits per heavy atom. The van der Waals surface area contributed by atoms with Gasteiger partial charge in [0.2, 0.25) is 0 Å². The number of benzene rings is 1. The van der Waals surface area contributed by atoms with Crippen LogP contribution in [0.3, 0.4) is 0 Å². The number of methoxy groups -OCH3 is 1. The number of rotatable bonds is 1. The minimum atomic E-state index is 0. The average Bonchev–Trinajstić information content (AvgIpc) is 1.94. The molecule has 0 bridgehead atoms.